The normalized spacial score (nSPS) is 19.2. The second-order valence-electron chi connectivity index (χ2n) is 9.09. The zero-order valence-corrected chi connectivity index (χ0v) is 18.3. The quantitative estimate of drug-likeness (QED) is 0.736. The highest BCUT2D eigenvalue weighted by atomic mass is 16.2. The minimum absolute atomic E-state index is 0.271. The Morgan fingerprint density at radius 2 is 1.43 bits per heavy atom. The molecular weight excluding hydrogens is 370 g/mol. The summed E-state index contributed by atoms with van der Waals surface area (Å²) in [4.78, 5) is 19.6. The van der Waals surface area contributed by atoms with E-state index in [2.05, 4.69) is 46.0 Å². The molecule has 0 bridgehead atoms. The van der Waals surface area contributed by atoms with Gasteiger partial charge in [0.1, 0.15) is 0 Å². The highest BCUT2D eigenvalue weighted by Crippen LogP contribution is 2.23. The van der Waals surface area contributed by atoms with Crippen molar-refractivity contribution in [3.8, 4) is 0 Å². The molecule has 2 heterocycles. The highest BCUT2D eigenvalue weighted by Gasteiger charge is 2.23. The van der Waals surface area contributed by atoms with Crippen LogP contribution in [0.5, 0.6) is 0 Å². The molecule has 2 aliphatic heterocycles. The van der Waals surface area contributed by atoms with Gasteiger partial charge in [0.15, 0.2) is 0 Å². The molecule has 1 amide bonds. The molecule has 0 aliphatic carbocycles. The fourth-order valence-corrected chi connectivity index (χ4v) is 4.65. The molecule has 2 aromatic carbocycles. The van der Waals surface area contributed by atoms with Gasteiger partial charge < -0.3 is 9.80 Å². The summed E-state index contributed by atoms with van der Waals surface area (Å²) in [7, 11) is 2.20. The predicted molar refractivity (Wildman–Crippen MR) is 122 cm³/mol. The first-order valence-electron chi connectivity index (χ1n) is 11.5. The average molecular weight is 406 g/mol. The number of hydrogen-bond acceptors (Lipinski definition) is 3. The number of carbonyl (C=O) groups is 1. The lowest BCUT2D eigenvalue weighted by Crippen LogP contribution is -2.43. The first-order chi connectivity index (χ1) is 14.7. The number of piperidine rings is 1. The summed E-state index contributed by atoms with van der Waals surface area (Å²) in [6.07, 6.45) is 3.89. The van der Waals surface area contributed by atoms with Gasteiger partial charge in [0.2, 0.25) is 5.91 Å². The largest absolute Gasteiger partial charge is 0.342 e. The Balaban J connectivity index is 1.20. The molecule has 0 N–H and O–H groups in total. The predicted octanol–water partition coefficient (Wildman–Crippen LogP) is 3.46. The first kappa shape index (κ1) is 21.1. The summed E-state index contributed by atoms with van der Waals surface area (Å²) in [6, 6.07) is 19.3. The third-order valence-corrected chi connectivity index (χ3v) is 6.71. The van der Waals surface area contributed by atoms with Gasteiger partial charge in [-0.1, -0.05) is 54.6 Å². The lowest BCUT2D eigenvalue weighted by atomic mass is 9.89. The molecule has 0 saturated carbocycles. The van der Waals surface area contributed by atoms with Gasteiger partial charge in [-0.05, 0) is 48.9 Å². The minimum Gasteiger partial charge on any atom is -0.342 e. The first-order valence-corrected chi connectivity index (χ1v) is 11.5. The monoisotopic (exact) mass is 405 g/mol. The van der Waals surface area contributed by atoms with Gasteiger partial charge in [-0.15, -0.1) is 0 Å². The van der Waals surface area contributed by atoms with E-state index in [1.807, 2.05) is 30.3 Å². The molecule has 0 atom stereocenters. The maximum atomic E-state index is 12.6. The van der Waals surface area contributed by atoms with Crippen molar-refractivity contribution in [1.82, 2.24) is 14.7 Å². The molecule has 4 heteroatoms. The molecular formula is C26H35N3O. The third-order valence-electron chi connectivity index (χ3n) is 6.71. The van der Waals surface area contributed by atoms with Crippen LogP contribution in [0, 0.1) is 5.92 Å². The number of rotatable bonds is 6. The van der Waals surface area contributed by atoms with Crippen LogP contribution in [0.3, 0.4) is 0 Å². The van der Waals surface area contributed by atoms with Gasteiger partial charge in [0.25, 0.3) is 0 Å². The van der Waals surface area contributed by atoms with Gasteiger partial charge in [0.05, 0.1) is 6.42 Å². The van der Waals surface area contributed by atoms with Gasteiger partial charge in [0, 0.05) is 45.8 Å². The van der Waals surface area contributed by atoms with Gasteiger partial charge in [-0.25, -0.2) is 0 Å². The van der Waals surface area contributed by atoms with Crippen LogP contribution in [0.2, 0.25) is 0 Å². The molecule has 4 rings (SSSR count). The molecule has 0 aromatic heterocycles. The van der Waals surface area contributed by atoms with Crippen molar-refractivity contribution in [2.24, 2.45) is 5.92 Å². The Bertz CT molecular complexity index is 789. The van der Waals surface area contributed by atoms with Crippen LogP contribution >= 0.6 is 0 Å². The molecule has 30 heavy (non-hydrogen) atoms. The van der Waals surface area contributed by atoms with E-state index < -0.39 is 0 Å². The Morgan fingerprint density at radius 1 is 0.800 bits per heavy atom. The minimum atomic E-state index is 0.271. The van der Waals surface area contributed by atoms with Crippen LogP contribution in [0.4, 0.5) is 0 Å². The number of nitrogens with zero attached hydrogens (tertiary/aromatic N) is 3. The SMILES string of the molecule is CN1CCN(Cc2ccc(CC3CCN(C(=O)Cc4ccccc4)CC3)cc2)CC1. The molecule has 2 aliphatic rings. The van der Waals surface area contributed by atoms with Gasteiger partial charge in [-0.2, -0.15) is 0 Å². The van der Waals surface area contributed by atoms with E-state index in [-0.39, 0.29) is 5.91 Å². The van der Waals surface area contributed by atoms with E-state index in [4.69, 9.17) is 0 Å². The van der Waals surface area contributed by atoms with Crippen LogP contribution in [0.15, 0.2) is 54.6 Å². The van der Waals surface area contributed by atoms with E-state index >= 15 is 0 Å². The number of likely N-dealkylation sites (tertiary alicyclic amines) is 1. The van der Waals surface area contributed by atoms with Crippen LogP contribution < -0.4 is 0 Å². The number of benzene rings is 2. The number of carbonyl (C=O) groups excluding carboxylic acids is 1. The van der Waals surface area contributed by atoms with Crippen molar-refractivity contribution in [1.29, 1.82) is 0 Å². The number of hydrogen-bond donors (Lipinski definition) is 0. The van der Waals surface area contributed by atoms with Crippen LogP contribution in [-0.4, -0.2) is 66.9 Å². The summed E-state index contributed by atoms with van der Waals surface area (Å²) in [5.74, 6) is 0.960. The zero-order valence-electron chi connectivity index (χ0n) is 18.3. The standard InChI is InChI=1S/C26H35N3O/c1-27-15-17-28(18-16-27)21-25-9-7-23(8-10-25)19-24-11-13-29(14-12-24)26(30)20-22-5-3-2-4-6-22/h2-10,24H,11-21H2,1H3. The van der Waals surface area contributed by atoms with E-state index in [1.54, 1.807) is 0 Å². The molecule has 0 unspecified atom stereocenters. The molecule has 160 valence electrons. The second-order valence-corrected chi connectivity index (χ2v) is 9.09. The van der Waals surface area contributed by atoms with E-state index in [0.717, 1.165) is 44.5 Å². The van der Waals surface area contributed by atoms with Crippen molar-refractivity contribution >= 4 is 5.91 Å². The van der Waals surface area contributed by atoms with E-state index in [1.165, 1.54) is 37.3 Å². The summed E-state index contributed by atoms with van der Waals surface area (Å²) in [5.41, 5.74) is 3.97. The number of amides is 1. The van der Waals surface area contributed by atoms with E-state index in [9.17, 15) is 4.79 Å². The molecule has 0 radical (unpaired) electrons. The summed E-state index contributed by atoms with van der Waals surface area (Å²) < 4.78 is 0. The fourth-order valence-electron chi connectivity index (χ4n) is 4.65. The van der Waals surface area contributed by atoms with Crippen LogP contribution in [-0.2, 0) is 24.2 Å². The lowest BCUT2D eigenvalue weighted by Gasteiger charge is -2.32. The Morgan fingerprint density at radius 3 is 2.10 bits per heavy atom. The summed E-state index contributed by atoms with van der Waals surface area (Å²) in [6.45, 7) is 7.54. The fraction of sp³-hybridized carbons (Fsp3) is 0.500. The van der Waals surface area contributed by atoms with E-state index in [0.29, 0.717) is 12.3 Å². The van der Waals surface area contributed by atoms with Crippen LogP contribution in [0.25, 0.3) is 0 Å². The van der Waals surface area contributed by atoms with Crippen molar-refractivity contribution in [3.05, 3.63) is 71.3 Å². The maximum Gasteiger partial charge on any atom is 0.226 e. The zero-order chi connectivity index (χ0) is 20.8. The third kappa shape index (κ3) is 5.93. The lowest BCUT2D eigenvalue weighted by molar-refractivity contribution is -0.131. The van der Waals surface area contributed by atoms with Gasteiger partial charge >= 0.3 is 0 Å². The molecule has 0 spiro atoms. The highest BCUT2D eigenvalue weighted by molar-refractivity contribution is 5.78. The Kier molecular flexibility index (Phi) is 7.19. The maximum absolute atomic E-state index is 12.6. The van der Waals surface area contributed by atoms with Crippen molar-refractivity contribution in [3.63, 3.8) is 0 Å². The summed E-state index contributed by atoms with van der Waals surface area (Å²) in [5, 5.41) is 0. The second kappa shape index (κ2) is 10.2. The van der Waals surface area contributed by atoms with Crippen molar-refractivity contribution < 1.29 is 4.79 Å². The molecule has 2 saturated heterocycles. The molecule has 4 nitrogen and oxygen atoms in total. The van der Waals surface area contributed by atoms with Crippen molar-refractivity contribution in [2.75, 3.05) is 46.3 Å². The average Bonchev–Trinajstić information content (AvgIpc) is 2.78. The smallest absolute Gasteiger partial charge is 0.226 e. The number of piperazine rings is 1. The summed E-state index contributed by atoms with van der Waals surface area (Å²) >= 11 is 0. The molecule has 2 fully saturated rings. The van der Waals surface area contributed by atoms with Gasteiger partial charge in [-0.3, -0.25) is 9.69 Å². The number of likely N-dealkylation sites (N-methyl/N-ethyl adjacent to an activating group) is 1. The Hall–Kier alpha value is -2.17. The topological polar surface area (TPSA) is 26.8 Å². The van der Waals surface area contributed by atoms with Crippen LogP contribution in [0.1, 0.15) is 29.5 Å². The molecule has 2 aromatic rings. The van der Waals surface area contributed by atoms with Crippen molar-refractivity contribution in [2.45, 2.75) is 32.2 Å². The Labute approximate surface area is 181 Å².